The smallest absolute Gasteiger partial charge is 0.251 e. The minimum atomic E-state index is -0.764. The first-order valence-corrected chi connectivity index (χ1v) is 14.0. The normalized spacial score (nSPS) is 14.6. The number of imidazole rings is 1. The molecule has 13 heteroatoms. The van der Waals surface area contributed by atoms with Gasteiger partial charge in [0.15, 0.2) is 17.0 Å². The first kappa shape index (κ1) is 29.0. The summed E-state index contributed by atoms with van der Waals surface area (Å²) in [6.45, 7) is 5.25. The third-order valence-corrected chi connectivity index (χ3v) is 7.76. The Morgan fingerprint density at radius 2 is 1.69 bits per heavy atom. The number of hydrogen-bond acceptors (Lipinski definition) is 8. The van der Waals surface area contributed by atoms with Gasteiger partial charge in [-0.05, 0) is 62.7 Å². The molecule has 0 unspecified atom stereocenters. The molecule has 0 atom stereocenters. The van der Waals surface area contributed by atoms with Crippen molar-refractivity contribution >= 4 is 46.3 Å². The Hall–Kier alpha value is -4.55. The van der Waals surface area contributed by atoms with Crippen LogP contribution in [0.3, 0.4) is 0 Å². The summed E-state index contributed by atoms with van der Waals surface area (Å²) >= 11 is 6.64. The number of nitrogens with zero attached hydrogens (tertiary/aromatic N) is 5. The fourth-order valence-corrected chi connectivity index (χ4v) is 5.54. The molecule has 218 valence electrons. The van der Waals surface area contributed by atoms with Crippen LogP contribution in [0.1, 0.15) is 35.9 Å². The van der Waals surface area contributed by atoms with Crippen LogP contribution in [0.15, 0.2) is 48.5 Å². The average Bonchev–Trinajstić information content (AvgIpc) is 3.35. The van der Waals surface area contributed by atoms with Gasteiger partial charge < -0.3 is 27.0 Å². The number of carbonyl (C=O) groups excluding carboxylic acids is 3. The van der Waals surface area contributed by atoms with Crippen molar-refractivity contribution < 1.29 is 14.4 Å². The summed E-state index contributed by atoms with van der Waals surface area (Å²) in [6.07, 6.45) is 1.05. The molecule has 12 nitrogen and oxygen atoms in total. The maximum absolute atomic E-state index is 12.5. The van der Waals surface area contributed by atoms with E-state index in [2.05, 4.69) is 15.5 Å². The van der Waals surface area contributed by atoms with E-state index in [1.54, 1.807) is 30.3 Å². The van der Waals surface area contributed by atoms with Gasteiger partial charge in [0.1, 0.15) is 17.2 Å². The average molecular weight is 590 g/mol. The number of nitrogens with two attached hydrogens (primary N) is 2. The minimum Gasteiger partial charge on any atom is -0.368 e. The first-order chi connectivity index (χ1) is 20.1. The van der Waals surface area contributed by atoms with Gasteiger partial charge in [-0.15, -0.1) is 0 Å². The van der Waals surface area contributed by atoms with Crippen LogP contribution < -0.4 is 27.0 Å². The van der Waals surface area contributed by atoms with Crippen molar-refractivity contribution in [3.8, 4) is 17.1 Å². The van der Waals surface area contributed by atoms with Crippen molar-refractivity contribution in [1.82, 2.24) is 30.2 Å². The van der Waals surface area contributed by atoms with Crippen LogP contribution in [0, 0.1) is 6.92 Å². The maximum atomic E-state index is 12.5. The van der Waals surface area contributed by atoms with E-state index in [0.29, 0.717) is 82.9 Å². The van der Waals surface area contributed by atoms with Crippen LogP contribution in [0.5, 0.6) is 0 Å². The molecule has 2 aromatic carbocycles. The van der Waals surface area contributed by atoms with Crippen molar-refractivity contribution in [3.63, 3.8) is 0 Å². The number of hydrogen-bond donors (Lipinski definition) is 4. The number of likely N-dealkylation sites (N-methyl/N-ethyl adjacent to an activating group) is 1. The molecule has 5 rings (SSSR count). The number of halogens is 1. The summed E-state index contributed by atoms with van der Waals surface area (Å²) in [5, 5.41) is 6.29. The van der Waals surface area contributed by atoms with Crippen molar-refractivity contribution in [3.05, 3.63) is 64.9 Å². The molecule has 1 aliphatic heterocycles. The number of anilines is 1. The Morgan fingerprint density at radius 3 is 2.31 bits per heavy atom. The molecule has 1 saturated heterocycles. The number of rotatable bonds is 9. The zero-order chi connectivity index (χ0) is 30.0. The Labute approximate surface area is 247 Å². The standard InChI is InChI=1S/C29H32ClN9O3/c1-3-34-29(28(32)42)12-14-38(15-13-29)25-23-26(36-17(2)35-25)39(24(37-23)20-6-4-5-7-21(20)30)19-10-8-18(9-11-19)27(41)33-16-22(31)40/h4-11,34H,3,12-16H2,1-2H3,(H2,31,40)(H2,32,42)(H,33,41). The van der Waals surface area contributed by atoms with E-state index in [-0.39, 0.29) is 12.5 Å². The lowest BCUT2D eigenvalue weighted by atomic mass is 9.86. The summed E-state index contributed by atoms with van der Waals surface area (Å²) in [5.41, 5.74) is 13.1. The molecule has 42 heavy (non-hydrogen) atoms. The van der Waals surface area contributed by atoms with Gasteiger partial charge in [-0.2, -0.15) is 0 Å². The number of aromatic nitrogens is 4. The van der Waals surface area contributed by atoms with E-state index < -0.39 is 17.4 Å². The zero-order valence-electron chi connectivity index (χ0n) is 23.4. The second-order valence-electron chi connectivity index (χ2n) is 10.2. The molecule has 0 bridgehead atoms. The molecule has 0 saturated carbocycles. The third kappa shape index (κ3) is 5.50. The number of amides is 3. The lowest BCUT2D eigenvalue weighted by molar-refractivity contribution is -0.125. The molecule has 2 aromatic heterocycles. The summed E-state index contributed by atoms with van der Waals surface area (Å²) in [5.74, 6) is 0.351. The lowest BCUT2D eigenvalue weighted by Gasteiger charge is -2.40. The second-order valence-corrected chi connectivity index (χ2v) is 10.6. The number of piperidine rings is 1. The van der Waals surface area contributed by atoms with Crippen LogP contribution in [0.2, 0.25) is 5.02 Å². The third-order valence-electron chi connectivity index (χ3n) is 7.43. The van der Waals surface area contributed by atoms with Crippen molar-refractivity contribution in [2.45, 2.75) is 32.2 Å². The van der Waals surface area contributed by atoms with Crippen LogP contribution in [0.25, 0.3) is 28.2 Å². The highest BCUT2D eigenvalue weighted by Gasteiger charge is 2.40. The molecule has 0 radical (unpaired) electrons. The number of benzene rings is 2. The molecule has 0 aliphatic carbocycles. The highest BCUT2D eigenvalue weighted by atomic mass is 35.5. The summed E-state index contributed by atoms with van der Waals surface area (Å²) in [6, 6.07) is 14.2. The summed E-state index contributed by atoms with van der Waals surface area (Å²) in [4.78, 5) is 52.6. The molecule has 1 fully saturated rings. The van der Waals surface area contributed by atoms with Crippen LogP contribution in [-0.4, -0.2) is 69.0 Å². The largest absolute Gasteiger partial charge is 0.368 e. The van der Waals surface area contributed by atoms with Gasteiger partial charge in [0.05, 0.1) is 11.6 Å². The highest BCUT2D eigenvalue weighted by Crippen LogP contribution is 2.36. The van der Waals surface area contributed by atoms with E-state index in [4.69, 9.17) is 38.0 Å². The number of nitrogens with one attached hydrogen (secondary N) is 2. The Balaban J connectivity index is 1.61. The predicted molar refractivity (Wildman–Crippen MR) is 160 cm³/mol. The van der Waals surface area contributed by atoms with Crippen molar-refractivity contribution in [2.24, 2.45) is 11.5 Å². The fourth-order valence-electron chi connectivity index (χ4n) is 5.32. The monoisotopic (exact) mass is 589 g/mol. The van der Waals surface area contributed by atoms with Crippen LogP contribution in [-0.2, 0) is 9.59 Å². The summed E-state index contributed by atoms with van der Waals surface area (Å²) < 4.78 is 1.89. The lowest BCUT2D eigenvalue weighted by Crippen LogP contribution is -2.61. The molecular weight excluding hydrogens is 558 g/mol. The minimum absolute atomic E-state index is 0.256. The Morgan fingerprint density at radius 1 is 1.00 bits per heavy atom. The van der Waals surface area contributed by atoms with Crippen molar-refractivity contribution in [2.75, 3.05) is 31.1 Å². The fraction of sp³-hybridized carbons (Fsp3) is 0.310. The van der Waals surface area contributed by atoms with Crippen LogP contribution in [0.4, 0.5) is 5.82 Å². The number of carbonyl (C=O) groups is 3. The van der Waals surface area contributed by atoms with Gasteiger partial charge in [-0.1, -0.05) is 30.7 Å². The van der Waals surface area contributed by atoms with Gasteiger partial charge >= 0.3 is 0 Å². The summed E-state index contributed by atoms with van der Waals surface area (Å²) in [7, 11) is 0. The van der Waals surface area contributed by atoms with Gasteiger partial charge in [0.2, 0.25) is 11.8 Å². The van der Waals surface area contributed by atoms with Crippen LogP contribution >= 0.6 is 11.6 Å². The molecular formula is C29H32ClN9O3. The first-order valence-electron chi connectivity index (χ1n) is 13.6. The van der Waals surface area contributed by atoms with Gasteiger partial charge in [0.25, 0.3) is 5.91 Å². The maximum Gasteiger partial charge on any atom is 0.251 e. The van der Waals surface area contributed by atoms with Gasteiger partial charge in [-0.25, -0.2) is 15.0 Å². The van der Waals surface area contributed by atoms with E-state index in [9.17, 15) is 14.4 Å². The zero-order valence-corrected chi connectivity index (χ0v) is 24.1. The molecule has 3 heterocycles. The van der Waals surface area contributed by atoms with E-state index in [1.807, 2.05) is 36.6 Å². The van der Waals surface area contributed by atoms with E-state index in [0.717, 1.165) is 0 Å². The second kappa shape index (κ2) is 11.7. The Bertz CT molecular complexity index is 1660. The van der Waals surface area contributed by atoms with Crippen molar-refractivity contribution in [1.29, 1.82) is 0 Å². The molecule has 1 aliphatic rings. The molecule has 0 spiro atoms. The number of primary amides is 2. The predicted octanol–water partition coefficient (Wildman–Crippen LogP) is 2.09. The Kier molecular flexibility index (Phi) is 8.10. The topological polar surface area (TPSA) is 174 Å². The van der Waals surface area contributed by atoms with E-state index >= 15 is 0 Å². The number of aryl methyl sites for hydroxylation is 1. The highest BCUT2D eigenvalue weighted by molar-refractivity contribution is 6.33. The van der Waals surface area contributed by atoms with E-state index in [1.165, 1.54) is 0 Å². The SMILES string of the molecule is CCNC1(C(N)=O)CCN(c2nc(C)nc3c2nc(-c2ccccc2Cl)n3-c2ccc(C(=O)NCC(N)=O)cc2)CC1. The quantitative estimate of drug-likeness (QED) is 0.229. The molecule has 3 amide bonds. The molecule has 6 N–H and O–H groups in total. The van der Waals surface area contributed by atoms with Gasteiger partial charge in [0, 0.05) is 29.9 Å². The number of fused-ring (bicyclic) bond motifs is 1. The van der Waals surface area contributed by atoms with Gasteiger partial charge in [-0.3, -0.25) is 19.0 Å². The molecule has 4 aromatic rings.